The van der Waals surface area contributed by atoms with Crippen molar-refractivity contribution in [2.45, 2.75) is 54.7 Å². The largest absolute Gasteiger partial charge is 0.371 e. The van der Waals surface area contributed by atoms with Crippen LogP contribution in [0.4, 0.5) is 5.95 Å². The quantitative estimate of drug-likeness (QED) is 0.754. The second-order valence-corrected chi connectivity index (χ2v) is 10.9. The summed E-state index contributed by atoms with van der Waals surface area (Å²) in [6, 6.07) is 4.63. The number of ether oxygens (including phenoxy) is 2. The van der Waals surface area contributed by atoms with Crippen LogP contribution in [-0.4, -0.2) is 55.9 Å². The van der Waals surface area contributed by atoms with Crippen molar-refractivity contribution in [2.24, 2.45) is 0 Å². The molecule has 0 spiro atoms. The number of sulfonamides is 1. The molecule has 8 nitrogen and oxygen atoms in total. The minimum Gasteiger partial charge on any atom is -0.371 e. The van der Waals surface area contributed by atoms with Crippen molar-refractivity contribution in [1.29, 1.82) is 0 Å². The second kappa shape index (κ2) is 7.34. The first-order valence-corrected chi connectivity index (χ1v) is 11.5. The highest BCUT2D eigenvalue weighted by Gasteiger charge is 2.49. The van der Waals surface area contributed by atoms with Crippen molar-refractivity contribution < 1.29 is 17.9 Å². The van der Waals surface area contributed by atoms with E-state index in [0.717, 1.165) is 5.69 Å². The van der Waals surface area contributed by atoms with Gasteiger partial charge in [0.2, 0.25) is 16.0 Å². The molecule has 0 aromatic carbocycles. The van der Waals surface area contributed by atoms with E-state index in [1.54, 1.807) is 23.7 Å². The van der Waals surface area contributed by atoms with Gasteiger partial charge in [-0.15, -0.1) is 11.3 Å². The van der Waals surface area contributed by atoms with Crippen molar-refractivity contribution in [3.05, 3.63) is 35.5 Å². The third kappa shape index (κ3) is 3.92. The lowest BCUT2D eigenvalue weighted by Crippen LogP contribution is -2.44. The van der Waals surface area contributed by atoms with Crippen LogP contribution in [0.5, 0.6) is 0 Å². The van der Waals surface area contributed by atoms with E-state index in [9.17, 15) is 8.42 Å². The summed E-state index contributed by atoms with van der Waals surface area (Å²) in [5.41, 5.74) is 0.859. The molecule has 2 aromatic heterocycles. The average molecular weight is 425 g/mol. The SMILES string of the molecule is CC(C)(C)c1ccnc(N[C@H]2CO[C@H]3[C@@H]2OC[C@@H]3NS(=O)(=O)c2cccs2)n1. The molecule has 0 aliphatic carbocycles. The molecule has 2 aliphatic heterocycles. The molecule has 2 fully saturated rings. The zero-order valence-corrected chi connectivity index (χ0v) is 17.6. The van der Waals surface area contributed by atoms with Gasteiger partial charge in [0.15, 0.2) is 0 Å². The molecule has 2 saturated heterocycles. The summed E-state index contributed by atoms with van der Waals surface area (Å²) >= 11 is 1.18. The van der Waals surface area contributed by atoms with Crippen LogP contribution in [0, 0.1) is 0 Å². The van der Waals surface area contributed by atoms with Gasteiger partial charge in [-0.25, -0.2) is 23.1 Å². The van der Waals surface area contributed by atoms with Crippen LogP contribution in [0.1, 0.15) is 26.5 Å². The fraction of sp³-hybridized carbons (Fsp3) is 0.556. The monoisotopic (exact) mass is 424 g/mol. The van der Waals surface area contributed by atoms with Crippen LogP contribution in [0.15, 0.2) is 34.0 Å². The maximum Gasteiger partial charge on any atom is 0.250 e. The molecule has 28 heavy (non-hydrogen) atoms. The summed E-state index contributed by atoms with van der Waals surface area (Å²) in [5, 5.41) is 5.02. The standard InChI is InChI=1S/C18H24N4O4S2/c1-18(2,3)13-6-7-19-17(21-13)20-11-9-25-16-12(10-26-15(11)16)22-28(23,24)14-5-4-8-27-14/h4-8,11-12,15-16,22H,9-10H2,1-3H3,(H,19,20,21)/t11-,12-,15+,16+/m0/s1. The van der Waals surface area contributed by atoms with Gasteiger partial charge in [-0.2, -0.15) is 0 Å². The van der Waals surface area contributed by atoms with E-state index in [0.29, 0.717) is 12.6 Å². The minimum atomic E-state index is -3.57. The van der Waals surface area contributed by atoms with Gasteiger partial charge in [0.25, 0.3) is 0 Å². The van der Waals surface area contributed by atoms with E-state index in [2.05, 4.69) is 40.8 Å². The van der Waals surface area contributed by atoms with Gasteiger partial charge < -0.3 is 14.8 Å². The number of nitrogens with zero attached hydrogens (tertiary/aromatic N) is 2. The van der Waals surface area contributed by atoms with Gasteiger partial charge in [-0.1, -0.05) is 26.8 Å². The predicted octanol–water partition coefficient (Wildman–Crippen LogP) is 1.76. The number of nitrogens with one attached hydrogen (secondary N) is 2. The van der Waals surface area contributed by atoms with Gasteiger partial charge in [0.05, 0.1) is 31.0 Å². The Kier molecular flexibility index (Phi) is 5.17. The zero-order chi connectivity index (χ0) is 19.9. The maximum atomic E-state index is 12.5. The second-order valence-electron chi connectivity index (χ2n) is 8.02. The van der Waals surface area contributed by atoms with E-state index < -0.39 is 16.1 Å². The zero-order valence-electron chi connectivity index (χ0n) is 16.0. The normalized spacial score (nSPS) is 27.7. The van der Waals surface area contributed by atoms with E-state index in [1.165, 1.54) is 11.3 Å². The van der Waals surface area contributed by atoms with E-state index >= 15 is 0 Å². The summed E-state index contributed by atoms with van der Waals surface area (Å²) in [5.74, 6) is 0.521. The number of hydrogen-bond donors (Lipinski definition) is 2. The lowest BCUT2D eigenvalue weighted by atomic mass is 9.92. The fourth-order valence-electron chi connectivity index (χ4n) is 3.41. The molecule has 0 bridgehead atoms. The van der Waals surface area contributed by atoms with Crippen molar-refractivity contribution in [3.63, 3.8) is 0 Å². The predicted molar refractivity (Wildman–Crippen MR) is 106 cm³/mol. The van der Waals surface area contributed by atoms with Crippen LogP contribution >= 0.6 is 11.3 Å². The number of thiophene rings is 1. The number of hydrogen-bond acceptors (Lipinski definition) is 8. The van der Waals surface area contributed by atoms with Crippen LogP contribution < -0.4 is 10.0 Å². The molecule has 0 amide bonds. The smallest absolute Gasteiger partial charge is 0.250 e. The third-order valence-electron chi connectivity index (χ3n) is 4.86. The summed E-state index contributed by atoms with van der Waals surface area (Å²) < 4.78 is 39.7. The molecule has 4 rings (SSSR count). The number of aromatic nitrogens is 2. The van der Waals surface area contributed by atoms with Crippen LogP contribution in [-0.2, 0) is 24.9 Å². The van der Waals surface area contributed by atoms with Gasteiger partial charge >= 0.3 is 0 Å². The van der Waals surface area contributed by atoms with Gasteiger partial charge in [0.1, 0.15) is 16.4 Å². The number of fused-ring (bicyclic) bond motifs is 1. The summed E-state index contributed by atoms with van der Waals surface area (Å²) in [6.45, 7) is 6.95. The van der Waals surface area contributed by atoms with E-state index in [-0.39, 0.29) is 34.5 Å². The molecule has 2 N–H and O–H groups in total. The molecule has 10 heteroatoms. The Balaban J connectivity index is 1.43. The van der Waals surface area contributed by atoms with E-state index in [4.69, 9.17) is 9.47 Å². The highest BCUT2D eigenvalue weighted by Crippen LogP contribution is 2.30. The van der Waals surface area contributed by atoms with Crippen molar-refractivity contribution in [3.8, 4) is 0 Å². The molecule has 2 aromatic rings. The first-order valence-electron chi connectivity index (χ1n) is 9.13. The number of anilines is 1. The maximum absolute atomic E-state index is 12.5. The fourth-order valence-corrected chi connectivity index (χ4v) is 5.65. The highest BCUT2D eigenvalue weighted by atomic mass is 32.2. The van der Waals surface area contributed by atoms with Crippen LogP contribution in [0.2, 0.25) is 0 Å². The molecular formula is C18H24N4O4S2. The Labute approximate surface area is 168 Å². The third-order valence-corrected chi connectivity index (χ3v) is 7.75. The van der Waals surface area contributed by atoms with Crippen LogP contribution in [0.25, 0.3) is 0 Å². The number of rotatable bonds is 5. The topological polar surface area (TPSA) is 102 Å². The lowest BCUT2D eigenvalue weighted by Gasteiger charge is -2.21. The Morgan fingerprint density at radius 1 is 1.14 bits per heavy atom. The molecule has 0 unspecified atom stereocenters. The van der Waals surface area contributed by atoms with Crippen LogP contribution in [0.3, 0.4) is 0 Å². The van der Waals surface area contributed by atoms with Gasteiger partial charge in [-0.3, -0.25) is 0 Å². The summed E-state index contributed by atoms with van der Waals surface area (Å²) in [7, 11) is -3.57. The highest BCUT2D eigenvalue weighted by molar-refractivity contribution is 7.91. The first kappa shape index (κ1) is 19.7. The lowest BCUT2D eigenvalue weighted by molar-refractivity contribution is 0.0690. The summed E-state index contributed by atoms with van der Waals surface area (Å²) in [4.78, 5) is 8.89. The van der Waals surface area contributed by atoms with Gasteiger partial charge in [0, 0.05) is 11.6 Å². The molecule has 4 atom stereocenters. The molecule has 152 valence electrons. The average Bonchev–Trinajstić information content (AvgIpc) is 3.35. The van der Waals surface area contributed by atoms with Gasteiger partial charge in [-0.05, 0) is 17.5 Å². The Morgan fingerprint density at radius 2 is 1.86 bits per heavy atom. The molecule has 2 aliphatic rings. The first-order chi connectivity index (χ1) is 13.2. The molecule has 4 heterocycles. The molecule has 0 radical (unpaired) electrons. The van der Waals surface area contributed by atoms with Crippen molar-refractivity contribution >= 4 is 27.3 Å². The van der Waals surface area contributed by atoms with Crippen molar-refractivity contribution in [2.75, 3.05) is 18.5 Å². The Hall–Kier alpha value is -1.59. The minimum absolute atomic E-state index is 0.0803. The Bertz CT molecular complexity index is 927. The van der Waals surface area contributed by atoms with E-state index in [1.807, 2.05) is 6.07 Å². The summed E-state index contributed by atoms with van der Waals surface area (Å²) in [6.07, 6.45) is 1.12. The molecular weight excluding hydrogens is 400 g/mol. The van der Waals surface area contributed by atoms with Crippen molar-refractivity contribution in [1.82, 2.24) is 14.7 Å². The Morgan fingerprint density at radius 3 is 2.54 bits per heavy atom. The molecule has 0 saturated carbocycles.